The molecule has 2 aromatic rings. The van der Waals surface area contributed by atoms with E-state index in [4.69, 9.17) is 24.2 Å². The molecule has 10 heteroatoms. The number of phenols is 1. The number of carbonyl (C=O) groups is 1. The largest absolute Gasteiger partial charge is 0.508 e. The monoisotopic (exact) mass is 662 g/mol. The van der Waals surface area contributed by atoms with Crippen molar-refractivity contribution in [3.05, 3.63) is 84.0 Å². The summed E-state index contributed by atoms with van der Waals surface area (Å²) in [5.74, 6) is -1.07. The van der Waals surface area contributed by atoms with Crippen molar-refractivity contribution in [1.29, 1.82) is 0 Å². The average molecular weight is 663 g/mol. The van der Waals surface area contributed by atoms with Gasteiger partial charge in [-0.1, -0.05) is 60.5 Å². The molecule has 0 bridgehead atoms. The summed E-state index contributed by atoms with van der Waals surface area (Å²) < 4.78 is 19.2. The molecular weight excluding hydrogens is 612 g/mol. The summed E-state index contributed by atoms with van der Waals surface area (Å²) in [5.41, 5.74) is 3.49. The number of allylic oxidation sites excluding steroid dienone is 1. The van der Waals surface area contributed by atoms with Crippen LogP contribution < -0.4 is 4.74 Å². The molecular formula is C38H50N2O8. The normalized spacial score (nSPS) is 26.5. The minimum atomic E-state index is -1.35. The molecule has 1 heterocycles. The summed E-state index contributed by atoms with van der Waals surface area (Å²) in [5, 5.41) is 34.9. The highest BCUT2D eigenvalue weighted by Crippen LogP contribution is 2.61. The fraction of sp³-hybridized carbons (Fsp3) is 0.526. The van der Waals surface area contributed by atoms with Gasteiger partial charge in [-0.25, -0.2) is 4.79 Å². The Kier molecular flexibility index (Phi) is 12.2. The van der Waals surface area contributed by atoms with Crippen LogP contribution in [0.3, 0.4) is 0 Å². The zero-order chi connectivity index (χ0) is 34.1. The SMILES string of the molecule is C=CCO[C@@]12Oc3ccc(O)cc3[C@H]3[C@H](CCCCO)[C@@H](CCCCO)C=C(C(=NOCc4ccccc4)C[C@@H]1N(C)C(=O)OCC)[C@H]32. The molecule has 1 amide bonds. The Labute approximate surface area is 283 Å². The number of aliphatic hydroxyl groups is 2. The van der Waals surface area contributed by atoms with E-state index in [-0.39, 0.29) is 63.0 Å². The van der Waals surface area contributed by atoms with E-state index < -0.39 is 23.8 Å². The minimum Gasteiger partial charge on any atom is -0.508 e. The quantitative estimate of drug-likeness (QED) is 0.108. The number of rotatable bonds is 16. The van der Waals surface area contributed by atoms with E-state index in [1.807, 2.05) is 30.3 Å². The maximum absolute atomic E-state index is 13.4. The van der Waals surface area contributed by atoms with Crippen molar-refractivity contribution in [1.82, 2.24) is 4.90 Å². The molecule has 0 radical (unpaired) electrons. The molecule has 0 saturated heterocycles. The molecule has 2 aromatic carbocycles. The van der Waals surface area contributed by atoms with Crippen molar-refractivity contribution in [2.75, 3.05) is 33.5 Å². The molecule has 6 atom stereocenters. The third-order valence-corrected chi connectivity index (χ3v) is 9.93. The molecule has 10 nitrogen and oxygen atoms in total. The predicted octanol–water partition coefficient (Wildman–Crippen LogP) is 6.31. The Hall–Kier alpha value is -3.86. The van der Waals surface area contributed by atoms with Crippen LogP contribution in [-0.4, -0.2) is 77.3 Å². The van der Waals surface area contributed by atoms with Gasteiger partial charge in [0.1, 0.15) is 24.1 Å². The third-order valence-electron chi connectivity index (χ3n) is 9.93. The second kappa shape index (κ2) is 16.5. The molecule has 0 aromatic heterocycles. The van der Waals surface area contributed by atoms with Gasteiger partial charge in [-0.3, -0.25) is 0 Å². The van der Waals surface area contributed by atoms with Gasteiger partial charge in [-0.15, -0.1) is 6.58 Å². The Morgan fingerprint density at radius 3 is 2.56 bits per heavy atom. The highest BCUT2D eigenvalue weighted by atomic mass is 16.7. The molecule has 0 spiro atoms. The van der Waals surface area contributed by atoms with E-state index in [2.05, 4.69) is 12.7 Å². The lowest BCUT2D eigenvalue weighted by atomic mass is 9.55. The molecule has 1 fully saturated rings. The number of oxime groups is 1. The first-order chi connectivity index (χ1) is 23.4. The van der Waals surface area contributed by atoms with E-state index in [0.29, 0.717) is 24.3 Å². The third kappa shape index (κ3) is 7.41. The van der Waals surface area contributed by atoms with Gasteiger partial charge in [0.05, 0.1) is 24.8 Å². The van der Waals surface area contributed by atoms with Gasteiger partial charge >= 0.3 is 6.09 Å². The summed E-state index contributed by atoms with van der Waals surface area (Å²) >= 11 is 0. The Morgan fingerprint density at radius 1 is 1.10 bits per heavy atom. The van der Waals surface area contributed by atoms with Crippen LogP contribution in [0.1, 0.15) is 68.9 Å². The Bertz CT molecular complexity index is 1450. The molecule has 0 unspecified atom stereocenters. The van der Waals surface area contributed by atoms with Crippen LogP contribution in [0.15, 0.2) is 78.0 Å². The average Bonchev–Trinajstić information content (AvgIpc) is 3.09. The van der Waals surface area contributed by atoms with Crippen LogP contribution in [0, 0.1) is 17.8 Å². The number of hydrogen-bond acceptors (Lipinski definition) is 9. The van der Waals surface area contributed by atoms with E-state index >= 15 is 0 Å². The van der Waals surface area contributed by atoms with Crippen molar-refractivity contribution < 1.29 is 39.2 Å². The smallest absolute Gasteiger partial charge is 0.409 e. The summed E-state index contributed by atoms with van der Waals surface area (Å²) in [6, 6.07) is 14.3. The number of phenolic OH excluding ortho intramolecular Hbond substituents is 1. The molecule has 260 valence electrons. The van der Waals surface area contributed by atoms with Crippen LogP contribution in [-0.2, 0) is 20.9 Å². The van der Waals surface area contributed by atoms with E-state index in [9.17, 15) is 20.1 Å². The highest BCUT2D eigenvalue weighted by Gasteiger charge is 2.65. The van der Waals surface area contributed by atoms with Gasteiger partial charge in [0.25, 0.3) is 0 Å². The van der Waals surface area contributed by atoms with Crippen molar-refractivity contribution >= 4 is 11.8 Å². The first-order valence-electron chi connectivity index (χ1n) is 17.2. The predicted molar refractivity (Wildman–Crippen MR) is 183 cm³/mol. The maximum atomic E-state index is 13.4. The number of unbranched alkanes of at least 4 members (excludes halogenated alkanes) is 2. The molecule has 3 N–H and O–H groups in total. The Balaban J connectivity index is 1.71. The zero-order valence-corrected chi connectivity index (χ0v) is 28.1. The first kappa shape index (κ1) is 35.4. The maximum Gasteiger partial charge on any atom is 0.409 e. The number of hydrogen-bond donors (Lipinski definition) is 3. The number of amides is 1. The van der Waals surface area contributed by atoms with Crippen molar-refractivity contribution in [2.45, 2.75) is 76.2 Å². The number of aromatic hydroxyl groups is 1. The van der Waals surface area contributed by atoms with Crippen molar-refractivity contribution in [3.8, 4) is 11.5 Å². The van der Waals surface area contributed by atoms with Gasteiger partial charge in [-0.05, 0) is 73.8 Å². The summed E-state index contributed by atoms with van der Waals surface area (Å²) in [7, 11) is 1.70. The van der Waals surface area contributed by atoms with Gasteiger partial charge < -0.3 is 39.3 Å². The lowest BCUT2D eigenvalue weighted by molar-refractivity contribution is -0.253. The van der Waals surface area contributed by atoms with Crippen molar-refractivity contribution in [2.24, 2.45) is 22.9 Å². The molecule has 5 rings (SSSR count). The van der Waals surface area contributed by atoms with Crippen LogP contribution >= 0.6 is 0 Å². The number of carbonyl (C=O) groups excluding carboxylic acids is 1. The molecule has 1 saturated carbocycles. The minimum absolute atomic E-state index is 0.0817. The molecule has 48 heavy (non-hydrogen) atoms. The van der Waals surface area contributed by atoms with Gasteiger partial charge in [0, 0.05) is 38.2 Å². The summed E-state index contributed by atoms with van der Waals surface area (Å²) in [6.45, 7) is 6.57. The number of aliphatic hydroxyl groups excluding tert-OH is 2. The van der Waals surface area contributed by atoms with Crippen LogP contribution in [0.5, 0.6) is 11.5 Å². The lowest BCUT2D eigenvalue weighted by Crippen LogP contribution is -2.69. The second-order valence-electron chi connectivity index (χ2n) is 12.9. The zero-order valence-electron chi connectivity index (χ0n) is 28.1. The molecule has 2 aliphatic carbocycles. The summed E-state index contributed by atoms with van der Waals surface area (Å²) in [6.07, 6.45) is 8.41. The molecule has 3 aliphatic rings. The lowest BCUT2D eigenvalue weighted by Gasteiger charge is -2.59. The fourth-order valence-electron chi connectivity index (χ4n) is 7.85. The van der Waals surface area contributed by atoms with Crippen LogP contribution in [0.25, 0.3) is 0 Å². The highest BCUT2D eigenvalue weighted by molar-refractivity contribution is 6.02. The number of fused-ring (bicyclic) bond motifs is 2. The number of ether oxygens (including phenoxy) is 3. The number of nitrogens with zero attached hydrogens (tertiary/aromatic N) is 2. The summed E-state index contributed by atoms with van der Waals surface area (Å²) in [4.78, 5) is 21.0. The number of benzene rings is 2. The van der Waals surface area contributed by atoms with E-state index in [0.717, 1.165) is 42.4 Å². The Morgan fingerprint density at radius 2 is 1.85 bits per heavy atom. The first-order valence-corrected chi connectivity index (χ1v) is 17.2. The van der Waals surface area contributed by atoms with Crippen LogP contribution in [0.4, 0.5) is 4.79 Å². The van der Waals surface area contributed by atoms with Gasteiger partial charge in [-0.2, -0.15) is 0 Å². The topological polar surface area (TPSA) is 130 Å². The number of likely N-dealkylation sites (N-methyl/N-ethyl adjacent to an activating group) is 1. The standard InChI is InChI=1S/C38H50N2O8/c1-4-21-46-38-34(40(3)37(44)45-5-2)24-32(39-47-25-26-13-7-6-8-14-26)30-22-27(15-9-11-19-41)29(16-10-12-20-42)35(36(30)38)31-23-28(43)17-18-33(31)48-38/h4,6-8,13-14,17-18,22-23,27,29,34-36,41-43H,1,5,9-12,15-16,19-21,24-25H2,2-3H3/t27-,29+,34-,35+,36+,38+/m0/s1. The van der Waals surface area contributed by atoms with E-state index in [1.54, 1.807) is 43.1 Å². The van der Waals surface area contributed by atoms with Crippen molar-refractivity contribution in [3.63, 3.8) is 0 Å². The van der Waals surface area contributed by atoms with Gasteiger partial charge in [0.15, 0.2) is 0 Å². The fourth-order valence-corrected chi connectivity index (χ4v) is 7.85. The van der Waals surface area contributed by atoms with E-state index in [1.165, 1.54) is 0 Å². The van der Waals surface area contributed by atoms with Gasteiger partial charge in [0.2, 0.25) is 5.79 Å². The second-order valence-corrected chi connectivity index (χ2v) is 12.9. The molecule has 1 aliphatic heterocycles. The van der Waals surface area contributed by atoms with Crippen LogP contribution in [0.2, 0.25) is 0 Å².